The molecule has 2 N–H and O–H groups in total. The predicted molar refractivity (Wildman–Crippen MR) is 95.5 cm³/mol. The molecule has 6 nitrogen and oxygen atoms in total. The number of hydrogen-bond donors (Lipinski definition) is 2. The molecule has 0 aliphatic rings. The maximum Gasteiger partial charge on any atom is 0.305 e. The second-order valence-corrected chi connectivity index (χ2v) is 5.97. The molecule has 0 aliphatic heterocycles. The van der Waals surface area contributed by atoms with Crippen LogP contribution in [0.5, 0.6) is 0 Å². The van der Waals surface area contributed by atoms with E-state index in [0.717, 1.165) is 0 Å². The summed E-state index contributed by atoms with van der Waals surface area (Å²) in [6.45, 7) is 1.60. The van der Waals surface area contributed by atoms with E-state index in [0.29, 0.717) is 22.8 Å². The Morgan fingerprint density at radius 3 is 2.59 bits per heavy atom. The second kappa shape index (κ2) is 7.82. The molecule has 1 amide bonds. The quantitative estimate of drug-likeness (QED) is 0.691. The first-order valence-corrected chi connectivity index (χ1v) is 8.25. The van der Waals surface area contributed by atoms with Crippen LogP contribution in [0.25, 0.3) is 11.5 Å². The van der Waals surface area contributed by atoms with Gasteiger partial charge in [0.2, 0.25) is 5.89 Å². The van der Waals surface area contributed by atoms with E-state index in [4.69, 9.17) is 9.52 Å². The average Bonchev–Trinajstić information content (AvgIpc) is 3.03. The van der Waals surface area contributed by atoms with Crippen molar-refractivity contribution < 1.29 is 23.5 Å². The highest BCUT2D eigenvalue weighted by Gasteiger charge is 2.23. The van der Waals surface area contributed by atoms with Crippen LogP contribution in [0, 0.1) is 12.7 Å². The van der Waals surface area contributed by atoms with Gasteiger partial charge in [0.05, 0.1) is 12.5 Å². The minimum Gasteiger partial charge on any atom is -0.481 e. The van der Waals surface area contributed by atoms with Gasteiger partial charge in [-0.15, -0.1) is 0 Å². The monoisotopic (exact) mass is 368 g/mol. The number of aliphatic carboxylic acids is 1. The number of oxazole rings is 1. The zero-order valence-corrected chi connectivity index (χ0v) is 14.5. The lowest BCUT2D eigenvalue weighted by molar-refractivity contribution is -0.137. The number of amides is 1. The first-order valence-electron chi connectivity index (χ1n) is 8.25. The van der Waals surface area contributed by atoms with Crippen LogP contribution in [0.2, 0.25) is 0 Å². The lowest BCUT2D eigenvalue weighted by atomic mass is 10.0. The molecule has 0 saturated carbocycles. The number of rotatable bonds is 6. The maximum absolute atomic E-state index is 13.5. The van der Waals surface area contributed by atoms with Gasteiger partial charge in [-0.3, -0.25) is 9.59 Å². The third-order valence-electron chi connectivity index (χ3n) is 3.97. The third-order valence-corrected chi connectivity index (χ3v) is 3.97. The SMILES string of the molecule is Cc1oc(-c2ccccc2)nc1C(=O)N[C@@H](CC(=O)O)c1cccc(F)c1. The van der Waals surface area contributed by atoms with E-state index >= 15 is 0 Å². The fourth-order valence-electron chi connectivity index (χ4n) is 2.69. The molecule has 1 aromatic heterocycles. The van der Waals surface area contributed by atoms with E-state index in [1.165, 1.54) is 18.2 Å². The number of nitrogens with one attached hydrogen (secondary N) is 1. The van der Waals surface area contributed by atoms with Crippen LogP contribution in [0.3, 0.4) is 0 Å². The van der Waals surface area contributed by atoms with Gasteiger partial charge in [-0.1, -0.05) is 30.3 Å². The Morgan fingerprint density at radius 1 is 1.19 bits per heavy atom. The van der Waals surface area contributed by atoms with Gasteiger partial charge < -0.3 is 14.8 Å². The molecule has 1 heterocycles. The predicted octanol–water partition coefficient (Wildman–Crippen LogP) is 3.73. The van der Waals surface area contributed by atoms with Crippen LogP contribution < -0.4 is 5.32 Å². The Balaban J connectivity index is 1.86. The molecule has 0 aliphatic carbocycles. The molecule has 0 radical (unpaired) electrons. The van der Waals surface area contributed by atoms with Crippen LogP contribution in [-0.2, 0) is 4.79 Å². The molecule has 3 aromatic rings. The summed E-state index contributed by atoms with van der Waals surface area (Å²) >= 11 is 0. The average molecular weight is 368 g/mol. The summed E-state index contributed by atoms with van der Waals surface area (Å²) in [5, 5.41) is 11.7. The fourth-order valence-corrected chi connectivity index (χ4v) is 2.69. The first-order chi connectivity index (χ1) is 12.9. The van der Waals surface area contributed by atoms with Crippen molar-refractivity contribution in [2.24, 2.45) is 0 Å². The first kappa shape index (κ1) is 18.3. The topological polar surface area (TPSA) is 92.4 Å². The summed E-state index contributed by atoms with van der Waals surface area (Å²) in [5.41, 5.74) is 1.13. The van der Waals surface area contributed by atoms with E-state index in [1.54, 1.807) is 25.1 Å². The Kier molecular flexibility index (Phi) is 5.30. The molecule has 27 heavy (non-hydrogen) atoms. The standard InChI is InChI=1S/C20H17FN2O4/c1-12-18(23-20(27-12)13-6-3-2-4-7-13)19(26)22-16(11-17(24)25)14-8-5-9-15(21)10-14/h2-10,16H,11H2,1H3,(H,22,26)(H,24,25)/t16-/m0/s1. The molecular weight excluding hydrogens is 351 g/mol. The van der Waals surface area contributed by atoms with Crippen LogP contribution in [0.15, 0.2) is 59.0 Å². The van der Waals surface area contributed by atoms with Gasteiger partial charge in [0.15, 0.2) is 5.69 Å². The summed E-state index contributed by atoms with van der Waals surface area (Å²) in [7, 11) is 0. The summed E-state index contributed by atoms with van der Waals surface area (Å²) < 4.78 is 19.1. The number of aromatic nitrogens is 1. The van der Waals surface area contributed by atoms with Crippen molar-refractivity contribution in [1.29, 1.82) is 0 Å². The number of aryl methyl sites for hydroxylation is 1. The molecular formula is C20H17FN2O4. The number of nitrogens with zero attached hydrogens (tertiary/aromatic N) is 1. The summed E-state index contributed by atoms with van der Waals surface area (Å²) in [6.07, 6.45) is -0.391. The molecule has 0 spiro atoms. The normalized spacial score (nSPS) is 11.8. The number of carboxylic acids is 1. The molecule has 3 rings (SSSR count). The summed E-state index contributed by atoms with van der Waals surface area (Å²) in [5.74, 6) is -1.63. The number of benzene rings is 2. The van der Waals surface area contributed by atoms with E-state index in [-0.39, 0.29) is 5.69 Å². The molecule has 1 atom stereocenters. The number of halogens is 1. The van der Waals surface area contributed by atoms with Gasteiger partial charge in [-0.05, 0) is 36.8 Å². The lowest BCUT2D eigenvalue weighted by Crippen LogP contribution is -2.31. The molecule has 0 saturated heterocycles. The number of carbonyl (C=O) groups excluding carboxylic acids is 1. The van der Waals surface area contributed by atoms with Gasteiger partial charge in [-0.2, -0.15) is 0 Å². The Labute approximate surface area is 154 Å². The Bertz CT molecular complexity index is 969. The van der Waals surface area contributed by atoms with Crippen molar-refractivity contribution >= 4 is 11.9 Å². The lowest BCUT2D eigenvalue weighted by Gasteiger charge is -2.17. The van der Waals surface area contributed by atoms with Crippen molar-refractivity contribution in [1.82, 2.24) is 10.3 Å². The third kappa shape index (κ3) is 4.38. The van der Waals surface area contributed by atoms with Gasteiger partial charge >= 0.3 is 5.97 Å². The molecule has 7 heteroatoms. The minimum atomic E-state index is -1.12. The summed E-state index contributed by atoms with van der Waals surface area (Å²) in [4.78, 5) is 28.0. The molecule has 0 fully saturated rings. The van der Waals surface area contributed by atoms with Crippen LogP contribution in [-0.4, -0.2) is 22.0 Å². The Hall–Kier alpha value is -3.48. The Morgan fingerprint density at radius 2 is 1.93 bits per heavy atom. The van der Waals surface area contributed by atoms with Crippen molar-refractivity contribution in [3.63, 3.8) is 0 Å². The van der Waals surface area contributed by atoms with Crippen LogP contribution >= 0.6 is 0 Å². The van der Waals surface area contributed by atoms with E-state index in [1.807, 2.05) is 18.2 Å². The summed E-state index contributed by atoms with van der Waals surface area (Å²) in [6, 6.07) is 13.6. The minimum absolute atomic E-state index is 0.0562. The van der Waals surface area contributed by atoms with Gasteiger partial charge in [-0.25, -0.2) is 9.37 Å². The van der Waals surface area contributed by atoms with E-state index < -0.39 is 30.2 Å². The van der Waals surface area contributed by atoms with Gasteiger partial charge in [0.1, 0.15) is 11.6 Å². The van der Waals surface area contributed by atoms with Crippen LogP contribution in [0.1, 0.15) is 34.3 Å². The molecule has 138 valence electrons. The molecule has 2 aromatic carbocycles. The largest absolute Gasteiger partial charge is 0.481 e. The van der Waals surface area contributed by atoms with Crippen LogP contribution in [0.4, 0.5) is 4.39 Å². The number of hydrogen-bond acceptors (Lipinski definition) is 4. The van der Waals surface area contributed by atoms with Crippen molar-refractivity contribution in [2.45, 2.75) is 19.4 Å². The fraction of sp³-hybridized carbons (Fsp3) is 0.150. The zero-order valence-electron chi connectivity index (χ0n) is 14.5. The smallest absolute Gasteiger partial charge is 0.305 e. The number of carbonyl (C=O) groups is 2. The van der Waals surface area contributed by atoms with E-state index in [9.17, 15) is 14.0 Å². The second-order valence-electron chi connectivity index (χ2n) is 5.97. The van der Waals surface area contributed by atoms with Crippen molar-refractivity contribution in [3.8, 4) is 11.5 Å². The molecule has 0 unspecified atom stereocenters. The van der Waals surface area contributed by atoms with E-state index in [2.05, 4.69) is 10.3 Å². The van der Waals surface area contributed by atoms with Crippen molar-refractivity contribution in [3.05, 3.63) is 77.4 Å². The highest BCUT2D eigenvalue weighted by molar-refractivity contribution is 5.94. The highest BCUT2D eigenvalue weighted by Crippen LogP contribution is 2.23. The maximum atomic E-state index is 13.5. The van der Waals surface area contributed by atoms with Gasteiger partial charge in [0.25, 0.3) is 5.91 Å². The number of carboxylic acid groups (broad SMARTS) is 1. The zero-order chi connectivity index (χ0) is 19.4. The van der Waals surface area contributed by atoms with Gasteiger partial charge in [0, 0.05) is 5.56 Å². The molecule has 0 bridgehead atoms. The highest BCUT2D eigenvalue weighted by atomic mass is 19.1. The van der Waals surface area contributed by atoms with Crippen molar-refractivity contribution in [2.75, 3.05) is 0 Å².